The number of anilines is 2. The second-order valence-electron chi connectivity index (χ2n) is 25.1. The quantitative estimate of drug-likeness (QED) is 0.133. The van der Waals surface area contributed by atoms with E-state index in [4.69, 9.17) is 42.1 Å². The first-order valence-corrected chi connectivity index (χ1v) is 34.8. The minimum absolute atomic E-state index is 0.0131. The third kappa shape index (κ3) is 13.4. The first kappa shape index (κ1) is 62.4. The molecule has 4 aromatic rings. The second kappa shape index (κ2) is 26.5. The van der Waals surface area contributed by atoms with Crippen molar-refractivity contribution in [3.63, 3.8) is 0 Å². The van der Waals surface area contributed by atoms with Gasteiger partial charge in [0.1, 0.15) is 22.0 Å². The molecule has 16 nitrogen and oxygen atoms in total. The summed E-state index contributed by atoms with van der Waals surface area (Å²) in [6.45, 7) is 8.09. The summed E-state index contributed by atoms with van der Waals surface area (Å²) < 4.78 is 82.0. The summed E-state index contributed by atoms with van der Waals surface area (Å²) in [5, 5.41) is 21.9. The highest BCUT2D eigenvalue weighted by Crippen LogP contribution is 2.49. The maximum absolute atomic E-state index is 13.4. The Hall–Kier alpha value is -5.18. The van der Waals surface area contributed by atoms with Crippen LogP contribution in [0.25, 0.3) is 0 Å². The van der Waals surface area contributed by atoms with E-state index in [0.29, 0.717) is 76.9 Å². The standard InChI is InChI=1S/2C33H41ClN2O6S/c2*1-2-41-19-26-7-3-4-8-30(37)27-12-9-24(27)18-36-20-33(15-5-6-22-16-25(34)11-13-28(22)33)21-42-31-14-10-23(17-29(31)36)32(38)35-43(26,39)40/h2*4,8,10-11,13-14,16-17,24,26-27,30,37H,2-3,5-7,9,12,15,18-21H2,1H3,(H,35,38)/b2*8-4+/t24-,26+,27+,30-,33-;24-,26-,27+,30-,33-/m00/s1. The number of hydrogen-bond acceptors (Lipinski definition) is 14. The van der Waals surface area contributed by atoms with E-state index in [0.717, 1.165) is 85.6 Å². The molecule has 4 bridgehead atoms. The van der Waals surface area contributed by atoms with Gasteiger partial charge in [0, 0.05) is 71.4 Å². The van der Waals surface area contributed by atoms with Crippen LogP contribution in [0, 0.1) is 23.7 Å². The van der Waals surface area contributed by atoms with Crippen molar-refractivity contribution in [2.45, 2.75) is 137 Å². The fourth-order valence-electron chi connectivity index (χ4n) is 14.6. The van der Waals surface area contributed by atoms with Gasteiger partial charge in [0.15, 0.2) is 0 Å². The van der Waals surface area contributed by atoms with Gasteiger partial charge >= 0.3 is 0 Å². The van der Waals surface area contributed by atoms with Crippen molar-refractivity contribution in [2.24, 2.45) is 23.7 Å². The van der Waals surface area contributed by atoms with Crippen molar-refractivity contribution in [3.05, 3.63) is 141 Å². The van der Waals surface area contributed by atoms with Crippen molar-refractivity contribution in [3.8, 4) is 11.5 Å². The molecule has 2 fully saturated rings. The van der Waals surface area contributed by atoms with E-state index < -0.39 is 54.6 Å². The topological polar surface area (TPSA) is 210 Å². The van der Waals surface area contributed by atoms with Gasteiger partial charge in [-0.1, -0.05) is 59.6 Å². The van der Waals surface area contributed by atoms with Crippen LogP contribution in [0.3, 0.4) is 0 Å². The van der Waals surface area contributed by atoms with Crippen LogP contribution in [-0.2, 0) is 53.2 Å². The minimum atomic E-state index is -4.02. The Bertz CT molecular complexity index is 3220. The van der Waals surface area contributed by atoms with Gasteiger partial charge in [-0.15, -0.1) is 0 Å². The van der Waals surface area contributed by atoms with Crippen LogP contribution in [0.4, 0.5) is 11.4 Å². The van der Waals surface area contributed by atoms with Crippen LogP contribution in [-0.4, -0.2) is 127 Å². The number of benzene rings is 4. The number of aliphatic hydroxyl groups excluding tert-OH is 2. The maximum Gasteiger partial charge on any atom is 0.264 e. The number of carbonyl (C=O) groups is 2. The van der Waals surface area contributed by atoms with Crippen molar-refractivity contribution in [2.75, 3.05) is 75.6 Å². The van der Waals surface area contributed by atoms with Crippen LogP contribution in [0.2, 0.25) is 10.0 Å². The molecule has 12 rings (SSSR count). The largest absolute Gasteiger partial charge is 0.490 e. The van der Waals surface area contributed by atoms with E-state index in [2.05, 4.69) is 43.5 Å². The van der Waals surface area contributed by atoms with Crippen LogP contribution in [0.1, 0.15) is 134 Å². The van der Waals surface area contributed by atoms with Gasteiger partial charge in [-0.25, -0.2) is 26.3 Å². The molecule has 0 saturated heterocycles. The Morgan fingerprint density at radius 1 is 0.593 bits per heavy atom. The molecule has 2 spiro atoms. The molecule has 0 unspecified atom stereocenters. The average molecular weight is 1260 g/mol. The number of aryl methyl sites for hydroxylation is 2. The third-order valence-corrected chi connectivity index (χ3v) is 23.6. The summed E-state index contributed by atoms with van der Waals surface area (Å²) in [5.74, 6) is 0.771. The fourth-order valence-corrected chi connectivity index (χ4v) is 17.6. The molecule has 4 aliphatic carbocycles. The number of rotatable bonds is 6. The monoisotopic (exact) mass is 1260 g/mol. The number of carbonyl (C=O) groups excluding carboxylic acids is 2. The number of hydrogen-bond donors (Lipinski definition) is 4. The van der Waals surface area contributed by atoms with E-state index in [1.165, 1.54) is 22.3 Å². The Morgan fingerprint density at radius 3 is 1.42 bits per heavy atom. The average Bonchev–Trinajstić information content (AvgIpc) is 1.56. The van der Waals surface area contributed by atoms with E-state index in [-0.39, 0.29) is 71.7 Å². The van der Waals surface area contributed by atoms with E-state index >= 15 is 0 Å². The third-order valence-electron chi connectivity index (χ3n) is 19.7. The van der Waals surface area contributed by atoms with Gasteiger partial charge in [-0.2, -0.15) is 0 Å². The molecule has 4 N–H and O–H groups in total. The number of amides is 2. The summed E-state index contributed by atoms with van der Waals surface area (Å²) in [6, 6.07) is 22.7. The molecule has 2 saturated carbocycles. The number of halogens is 2. The number of fused-ring (bicyclic) bond motifs is 8. The summed E-state index contributed by atoms with van der Waals surface area (Å²) in [5.41, 5.74) is 6.52. The maximum atomic E-state index is 13.4. The molecular formula is C66H82Cl2N4O12S2. The molecule has 4 aromatic carbocycles. The van der Waals surface area contributed by atoms with Crippen LogP contribution < -0.4 is 28.7 Å². The molecule has 464 valence electrons. The highest BCUT2D eigenvalue weighted by Gasteiger charge is 2.47. The van der Waals surface area contributed by atoms with Crippen LogP contribution in [0.15, 0.2) is 97.1 Å². The smallest absolute Gasteiger partial charge is 0.264 e. The molecular weight excluding hydrogens is 1180 g/mol. The molecule has 8 aliphatic rings. The van der Waals surface area contributed by atoms with Crippen LogP contribution >= 0.6 is 23.2 Å². The lowest BCUT2D eigenvalue weighted by atomic mass is 9.68. The lowest BCUT2D eigenvalue weighted by molar-refractivity contribution is 0.0454. The number of nitrogens with zero attached hydrogens (tertiary/aromatic N) is 2. The lowest BCUT2D eigenvalue weighted by Crippen LogP contribution is -2.49. The van der Waals surface area contributed by atoms with E-state index in [1.54, 1.807) is 50.2 Å². The normalized spacial score (nSPS) is 31.0. The number of allylic oxidation sites excluding steroid dienone is 2. The summed E-state index contributed by atoms with van der Waals surface area (Å²) >= 11 is 12.8. The first-order valence-electron chi connectivity index (χ1n) is 31.0. The number of nitrogens with one attached hydrogen (secondary N) is 2. The molecule has 0 radical (unpaired) electrons. The molecule has 2 amide bonds. The molecule has 20 heteroatoms. The van der Waals surface area contributed by atoms with Crippen molar-refractivity contribution in [1.82, 2.24) is 9.44 Å². The summed E-state index contributed by atoms with van der Waals surface area (Å²) in [6.07, 6.45) is 17.4. The molecule has 10 atom stereocenters. The van der Waals surface area contributed by atoms with Crippen molar-refractivity contribution >= 4 is 66.4 Å². The number of sulfonamides is 2. The van der Waals surface area contributed by atoms with E-state index in [1.807, 2.05) is 36.4 Å². The minimum Gasteiger partial charge on any atom is -0.490 e. The van der Waals surface area contributed by atoms with Gasteiger partial charge < -0.3 is 39.0 Å². The highest BCUT2D eigenvalue weighted by molar-refractivity contribution is 7.91. The zero-order chi connectivity index (χ0) is 60.4. The van der Waals surface area contributed by atoms with Gasteiger partial charge in [0.05, 0.1) is 50.0 Å². The highest BCUT2D eigenvalue weighted by atomic mass is 35.5. The predicted octanol–water partition coefficient (Wildman–Crippen LogP) is 10.0. The number of aliphatic hydroxyl groups is 2. The van der Waals surface area contributed by atoms with Gasteiger partial charge in [-0.05, 0) is 210 Å². The van der Waals surface area contributed by atoms with E-state index in [9.17, 15) is 36.6 Å². The Labute approximate surface area is 517 Å². The Balaban J connectivity index is 0.000000179. The second-order valence-corrected chi connectivity index (χ2v) is 29.9. The predicted molar refractivity (Wildman–Crippen MR) is 335 cm³/mol. The molecule has 4 heterocycles. The summed E-state index contributed by atoms with van der Waals surface area (Å²) in [4.78, 5) is 31.5. The Morgan fingerprint density at radius 2 is 1.02 bits per heavy atom. The lowest BCUT2D eigenvalue weighted by Gasteiger charge is -2.45. The van der Waals surface area contributed by atoms with Crippen molar-refractivity contribution in [1.29, 1.82) is 0 Å². The molecule has 0 aromatic heterocycles. The fraction of sp³-hybridized carbons (Fsp3) is 0.545. The zero-order valence-electron chi connectivity index (χ0n) is 49.3. The van der Waals surface area contributed by atoms with Gasteiger partial charge in [0.25, 0.3) is 11.8 Å². The molecule has 4 aliphatic heterocycles. The zero-order valence-corrected chi connectivity index (χ0v) is 52.4. The Kier molecular flexibility index (Phi) is 19.2. The van der Waals surface area contributed by atoms with Gasteiger partial charge in [0.2, 0.25) is 20.0 Å². The SMILES string of the molecule is CCOC[C@@H]1CC/C=C/[C@H](O)[C@@H]2CC[C@H]2CN2C[C@@]3(CCCc4cc(Cl)ccc43)COc3ccc(cc32)C(=O)NS1(=O)=O.CCOC[C@H]1CC/C=C/[C@H](O)[C@@H]2CC[C@H]2CN2C[C@@]3(CCCc4cc(Cl)ccc43)COc3ccc(cc32)C(=O)NS1(=O)=O. The number of ether oxygens (including phenoxy) is 4. The first-order chi connectivity index (χ1) is 41.4. The van der Waals surface area contributed by atoms with Crippen molar-refractivity contribution < 1.29 is 55.6 Å². The molecule has 86 heavy (non-hydrogen) atoms. The summed E-state index contributed by atoms with van der Waals surface area (Å²) in [7, 11) is -8.04. The van der Waals surface area contributed by atoms with Crippen LogP contribution in [0.5, 0.6) is 11.5 Å². The van der Waals surface area contributed by atoms with Gasteiger partial charge in [-0.3, -0.25) is 9.59 Å².